The molecule has 3 aromatic carbocycles. The number of rotatable bonds is 4. The van der Waals surface area contributed by atoms with Crippen molar-refractivity contribution in [3.63, 3.8) is 0 Å². The molecule has 1 aliphatic heterocycles. The Bertz CT molecular complexity index is 1000. The van der Waals surface area contributed by atoms with Gasteiger partial charge in [0.15, 0.2) is 11.5 Å². The standard InChI is InChI=1S/C20H16BrNO4/c1-24-17-6-2-12-8-13(21)3-5-15(12)16(17)10-20(23)22-14-4-7-18-19(9-14)26-11-25-18/h2-9H,10-11H2,1H3,(H,22,23). The van der Waals surface area contributed by atoms with Gasteiger partial charge in [-0.3, -0.25) is 4.79 Å². The molecular formula is C20H16BrNO4. The van der Waals surface area contributed by atoms with Gasteiger partial charge in [0.1, 0.15) is 5.75 Å². The Morgan fingerprint density at radius 2 is 1.96 bits per heavy atom. The van der Waals surface area contributed by atoms with Gasteiger partial charge in [-0.2, -0.15) is 0 Å². The van der Waals surface area contributed by atoms with E-state index in [1.807, 2.05) is 30.3 Å². The Morgan fingerprint density at radius 3 is 2.81 bits per heavy atom. The molecule has 0 atom stereocenters. The summed E-state index contributed by atoms with van der Waals surface area (Å²) in [5, 5.41) is 4.95. The lowest BCUT2D eigenvalue weighted by molar-refractivity contribution is -0.115. The van der Waals surface area contributed by atoms with E-state index in [1.165, 1.54) is 0 Å². The van der Waals surface area contributed by atoms with Crippen molar-refractivity contribution < 1.29 is 19.0 Å². The Morgan fingerprint density at radius 1 is 1.12 bits per heavy atom. The first-order chi connectivity index (χ1) is 12.6. The van der Waals surface area contributed by atoms with Crippen LogP contribution in [-0.4, -0.2) is 19.8 Å². The van der Waals surface area contributed by atoms with Crippen molar-refractivity contribution in [2.45, 2.75) is 6.42 Å². The number of hydrogen-bond acceptors (Lipinski definition) is 4. The molecule has 1 amide bonds. The van der Waals surface area contributed by atoms with E-state index in [-0.39, 0.29) is 19.1 Å². The number of carbonyl (C=O) groups excluding carboxylic acids is 1. The third-order valence-electron chi connectivity index (χ3n) is 4.26. The third kappa shape index (κ3) is 3.20. The number of methoxy groups -OCH3 is 1. The maximum Gasteiger partial charge on any atom is 0.231 e. The largest absolute Gasteiger partial charge is 0.496 e. The van der Waals surface area contributed by atoms with E-state index in [9.17, 15) is 4.79 Å². The van der Waals surface area contributed by atoms with Crippen molar-refractivity contribution in [2.75, 3.05) is 19.2 Å². The first kappa shape index (κ1) is 16.7. The second-order valence-electron chi connectivity index (χ2n) is 5.90. The Kier molecular flexibility index (Phi) is 4.42. The van der Waals surface area contributed by atoms with Gasteiger partial charge in [0.05, 0.1) is 13.5 Å². The first-order valence-electron chi connectivity index (χ1n) is 8.08. The zero-order valence-electron chi connectivity index (χ0n) is 14.0. The van der Waals surface area contributed by atoms with Gasteiger partial charge in [0, 0.05) is 21.8 Å². The molecule has 6 heteroatoms. The third-order valence-corrected chi connectivity index (χ3v) is 4.76. The van der Waals surface area contributed by atoms with Crippen molar-refractivity contribution in [3.8, 4) is 17.2 Å². The van der Waals surface area contributed by atoms with Crippen LogP contribution in [0.1, 0.15) is 5.56 Å². The molecule has 0 saturated carbocycles. The molecule has 0 spiro atoms. The Labute approximate surface area is 159 Å². The maximum absolute atomic E-state index is 12.6. The number of carbonyl (C=O) groups is 1. The molecule has 0 saturated heterocycles. The molecule has 1 N–H and O–H groups in total. The lowest BCUT2D eigenvalue weighted by Gasteiger charge is -2.13. The summed E-state index contributed by atoms with van der Waals surface area (Å²) in [6.07, 6.45) is 0.205. The second kappa shape index (κ2) is 6.88. The van der Waals surface area contributed by atoms with Crippen LogP contribution < -0.4 is 19.5 Å². The van der Waals surface area contributed by atoms with Crippen LogP contribution in [0, 0.1) is 0 Å². The monoisotopic (exact) mass is 413 g/mol. The Hall–Kier alpha value is -2.73. The molecule has 0 aromatic heterocycles. The molecule has 1 heterocycles. The summed E-state index contributed by atoms with van der Waals surface area (Å²) >= 11 is 3.48. The number of anilines is 1. The molecular weight excluding hydrogens is 398 g/mol. The van der Waals surface area contributed by atoms with Crippen LogP contribution in [0.5, 0.6) is 17.2 Å². The SMILES string of the molecule is COc1ccc2cc(Br)ccc2c1CC(=O)Nc1ccc2c(c1)OCO2. The van der Waals surface area contributed by atoms with Crippen LogP contribution in [0.4, 0.5) is 5.69 Å². The van der Waals surface area contributed by atoms with Crippen molar-refractivity contribution in [2.24, 2.45) is 0 Å². The highest BCUT2D eigenvalue weighted by Crippen LogP contribution is 2.35. The number of halogens is 1. The van der Waals surface area contributed by atoms with Crippen LogP contribution >= 0.6 is 15.9 Å². The lowest BCUT2D eigenvalue weighted by atomic mass is 10.0. The number of benzene rings is 3. The molecule has 0 aliphatic carbocycles. The van der Waals surface area contributed by atoms with Crippen LogP contribution in [0.25, 0.3) is 10.8 Å². The highest BCUT2D eigenvalue weighted by Gasteiger charge is 2.16. The van der Waals surface area contributed by atoms with E-state index in [0.717, 1.165) is 20.8 Å². The van der Waals surface area contributed by atoms with Gasteiger partial charge in [0.25, 0.3) is 0 Å². The minimum absolute atomic E-state index is 0.127. The summed E-state index contributed by atoms with van der Waals surface area (Å²) in [5.74, 6) is 1.89. The summed E-state index contributed by atoms with van der Waals surface area (Å²) in [6.45, 7) is 0.204. The fourth-order valence-electron chi connectivity index (χ4n) is 3.06. The van der Waals surface area contributed by atoms with Crippen LogP contribution in [0.3, 0.4) is 0 Å². The number of amides is 1. The van der Waals surface area contributed by atoms with E-state index in [1.54, 1.807) is 25.3 Å². The van der Waals surface area contributed by atoms with Crippen molar-refractivity contribution in [3.05, 3.63) is 58.6 Å². The molecule has 5 nitrogen and oxygen atoms in total. The van der Waals surface area contributed by atoms with Crippen LogP contribution in [0.15, 0.2) is 53.0 Å². The molecule has 0 bridgehead atoms. The van der Waals surface area contributed by atoms with Crippen molar-refractivity contribution in [1.29, 1.82) is 0 Å². The number of ether oxygens (including phenoxy) is 3. The number of hydrogen-bond donors (Lipinski definition) is 1. The summed E-state index contributed by atoms with van der Waals surface area (Å²) in [7, 11) is 1.61. The zero-order valence-corrected chi connectivity index (χ0v) is 15.6. The Balaban J connectivity index is 1.61. The fourth-order valence-corrected chi connectivity index (χ4v) is 3.44. The highest BCUT2D eigenvalue weighted by molar-refractivity contribution is 9.10. The summed E-state index contributed by atoms with van der Waals surface area (Å²) in [5.41, 5.74) is 1.52. The summed E-state index contributed by atoms with van der Waals surface area (Å²) in [4.78, 5) is 12.6. The average Bonchev–Trinajstić information content (AvgIpc) is 3.09. The predicted octanol–water partition coefficient (Wildman–Crippen LogP) is 4.52. The number of nitrogens with one attached hydrogen (secondary N) is 1. The van der Waals surface area contributed by atoms with Gasteiger partial charge < -0.3 is 19.5 Å². The smallest absolute Gasteiger partial charge is 0.231 e. The molecule has 132 valence electrons. The maximum atomic E-state index is 12.6. The predicted molar refractivity (Wildman–Crippen MR) is 103 cm³/mol. The van der Waals surface area contributed by atoms with E-state index >= 15 is 0 Å². The quantitative estimate of drug-likeness (QED) is 0.682. The highest BCUT2D eigenvalue weighted by atomic mass is 79.9. The number of fused-ring (bicyclic) bond motifs is 2. The fraction of sp³-hybridized carbons (Fsp3) is 0.150. The van der Waals surface area contributed by atoms with Gasteiger partial charge in [-0.15, -0.1) is 0 Å². The molecule has 0 fully saturated rings. The van der Waals surface area contributed by atoms with Gasteiger partial charge in [-0.25, -0.2) is 0 Å². The normalized spacial score (nSPS) is 12.2. The summed E-state index contributed by atoms with van der Waals surface area (Å²) < 4.78 is 17.1. The molecule has 0 radical (unpaired) electrons. The van der Waals surface area contributed by atoms with E-state index in [4.69, 9.17) is 14.2 Å². The molecule has 1 aliphatic rings. The van der Waals surface area contributed by atoms with E-state index in [2.05, 4.69) is 21.2 Å². The summed E-state index contributed by atoms with van der Waals surface area (Å²) in [6, 6.07) is 15.2. The van der Waals surface area contributed by atoms with Crippen LogP contribution in [-0.2, 0) is 11.2 Å². The zero-order chi connectivity index (χ0) is 18.1. The van der Waals surface area contributed by atoms with Crippen molar-refractivity contribution >= 4 is 38.3 Å². The second-order valence-corrected chi connectivity index (χ2v) is 6.82. The van der Waals surface area contributed by atoms with Gasteiger partial charge >= 0.3 is 0 Å². The molecule has 26 heavy (non-hydrogen) atoms. The lowest BCUT2D eigenvalue weighted by Crippen LogP contribution is -2.15. The minimum Gasteiger partial charge on any atom is -0.496 e. The van der Waals surface area contributed by atoms with Gasteiger partial charge in [-0.1, -0.05) is 28.1 Å². The average molecular weight is 414 g/mol. The molecule has 3 aromatic rings. The van der Waals surface area contributed by atoms with Gasteiger partial charge in [-0.05, 0) is 41.1 Å². The molecule has 0 unspecified atom stereocenters. The molecule has 4 rings (SSSR count). The van der Waals surface area contributed by atoms with E-state index in [0.29, 0.717) is 22.9 Å². The van der Waals surface area contributed by atoms with E-state index < -0.39 is 0 Å². The van der Waals surface area contributed by atoms with Crippen LogP contribution in [0.2, 0.25) is 0 Å². The van der Waals surface area contributed by atoms with Gasteiger partial charge in [0.2, 0.25) is 12.7 Å². The topological polar surface area (TPSA) is 56.8 Å². The van der Waals surface area contributed by atoms with Crippen molar-refractivity contribution in [1.82, 2.24) is 0 Å². The minimum atomic E-state index is -0.127. The first-order valence-corrected chi connectivity index (χ1v) is 8.88.